The first-order valence-corrected chi connectivity index (χ1v) is 9.42. The van der Waals surface area contributed by atoms with E-state index in [2.05, 4.69) is 9.88 Å². The summed E-state index contributed by atoms with van der Waals surface area (Å²) in [6.45, 7) is 1.37. The Balaban J connectivity index is 0.00000261. The Bertz CT molecular complexity index is 932. The molecule has 0 fully saturated rings. The van der Waals surface area contributed by atoms with Crippen LogP contribution in [0.4, 0.5) is 9.52 Å². The van der Waals surface area contributed by atoms with Gasteiger partial charge in [0.2, 0.25) is 0 Å². The molecule has 0 spiro atoms. The zero-order valence-electron chi connectivity index (χ0n) is 15.0. The Morgan fingerprint density at radius 1 is 1.19 bits per heavy atom. The maximum absolute atomic E-state index is 13.5. The molecule has 1 amide bonds. The molecule has 0 N–H and O–H groups in total. The molecule has 3 aromatic rings. The Kier molecular flexibility index (Phi) is 7.56. The van der Waals surface area contributed by atoms with Gasteiger partial charge in [-0.05, 0) is 63.5 Å². The van der Waals surface area contributed by atoms with Gasteiger partial charge < -0.3 is 4.90 Å². The summed E-state index contributed by atoms with van der Waals surface area (Å²) in [5.41, 5.74) is 1.19. The van der Waals surface area contributed by atoms with Crippen LogP contribution in [0.1, 0.15) is 16.8 Å². The van der Waals surface area contributed by atoms with Gasteiger partial charge >= 0.3 is 0 Å². The molecule has 0 aliphatic heterocycles. The highest BCUT2D eigenvalue weighted by Gasteiger charge is 2.21. The summed E-state index contributed by atoms with van der Waals surface area (Å²) in [5.74, 6) is -0.473. The molecule has 0 unspecified atom stereocenters. The number of thiazole rings is 1. The SMILES string of the molecule is CN(C)CCCN(C(=O)c1cccc(Cl)c1)c1nc2ccc(F)cc2s1.Cl. The van der Waals surface area contributed by atoms with Crippen LogP contribution in [-0.2, 0) is 0 Å². The molecule has 0 bridgehead atoms. The molecule has 0 saturated heterocycles. The third-order valence-electron chi connectivity index (χ3n) is 3.87. The number of anilines is 1. The zero-order valence-corrected chi connectivity index (χ0v) is 17.4. The molecule has 3 rings (SSSR count). The summed E-state index contributed by atoms with van der Waals surface area (Å²) in [5, 5.41) is 1.07. The molecular formula is C19H20Cl2FN3OS. The lowest BCUT2D eigenvalue weighted by Gasteiger charge is -2.21. The van der Waals surface area contributed by atoms with Crippen molar-refractivity contribution in [2.45, 2.75) is 6.42 Å². The molecular weight excluding hydrogens is 408 g/mol. The molecule has 0 aliphatic rings. The van der Waals surface area contributed by atoms with Crippen LogP contribution in [0.3, 0.4) is 0 Å². The van der Waals surface area contributed by atoms with Gasteiger partial charge in [-0.25, -0.2) is 9.37 Å². The fourth-order valence-electron chi connectivity index (χ4n) is 2.61. The monoisotopic (exact) mass is 427 g/mol. The number of fused-ring (bicyclic) bond motifs is 1. The molecule has 4 nitrogen and oxygen atoms in total. The predicted molar refractivity (Wildman–Crippen MR) is 113 cm³/mol. The minimum atomic E-state index is -0.312. The normalized spacial score (nSPS) is 10.9. The lowest BCUT2D eigenvalue weighted by molar-refractivity contribution is 0.0986. The van der Waals surface area contributed by atoms with Gasteiger partial charge in [0.25, 0.3) is 5.91 Å². The minimum Gasteiger partial charge on any atom is -0.309 e. The molecule has 0 aliphatic carbocycles. The topological polar surface area (TPSA) is 36.4 Å². The first kappa shape index (κ1) is 21.6. The van der Waals surface area contributed by atoms with Crippen molar-refractivity contribution in [3.63, 3.8) is 0 Å². The van der Waals surface area contributed by atoms with Gasteiger partial charge in [0, 0.05) is 17.1 Å². The quantitative estimate of drug-likeness (QED) is 0.548. The van der Waals surface area contributed by atoms with E-state index in [1.165, 1.54) is 23.5 Å². The molecule has 1 heterocycles. The van der Waals surface area contributed by atoms with Crippen LogP contribution in [0.5, 0.6) is 0 Å². The lowest BCUT2D eigenvalue weighted by Crippen LogP contribution is -2.33. The largest absolute Gasteiger partial charge is 0.309 e. The highest BCUT2D eigenvalue weighted by Crippen LogP contribution is 2.30. The number of carbonyl (C=O) groups is 1. The average Bonchev–Trinajstić information content (AvgIpc) is 3.00. The van der Waals surface area contributed by atoms with E-state index < -0.39 is 0 Å². The summed E-state index contributed by atoms with van der Waals surface area (Å²) in [6.07, 6.45) is 0.795. The highest BCUT2D eigenvalue weighted by atomic mass is 35.5. The van der Waals surface area contributed by atoms with Crippen molar-refractivity contribution in [1.82, 2.24) is 9.88 Å². The van der Waals surface area contributed by atoms with Crippen LogP contribution in [0.25, 0.3) is 10.2 Å². The Morgan fingerprint density at radius 2 is 1.96 bits per heavy atom. The summed E-state index contributed by atoms with van der Waals surface area (Å²) in [7, 11) is 3.98. The fraction of sp³-hybridized carbons (Fsp3) is 0.263. The first-order valence-electron chi connectivity index (χ1n) is 8.22. The van der Waals surface area contributed by atoms with E-state index in [0.29, 0.717) is 27.8 Å². The zero-order chi connectivity index (χ0) is 18.7. The van der Waals surface area contributed by atoms with Gasteiger partial charge in [0.15, 0.2) is 5.13 Å². The number of nitrogens with zero attached hydrogens (tertiary/aromatic N) is 3. The Morgan fingerprint density at radius 3 is 2.67 bits per heavy atom. The number of benzene rings is 2. The highest BCUT2D eigenvalue weighted by molar-refractivity contribution is 7.22. The molecule has 2 aromatic carbocycles. The smallest absolute Gasteiger partial charge is 0.260 e. The summed E-state index contributed by atoms with van der Waals surface area (Å²) >= 11 is 7.35. The van der Waals surface area contributed by atoms with Crippen LogP contribution in [-0.4, -0.2) is 43.0 Å². The van der Waals surface area contributed by atoms with E-state index in [1.807, 2.05) is 14.1 Å². The second kappa shape index (κ2) is 9.46. The summed E-state index contributed by atoms with van der Waals surface area (Å²) < 4.78 is 14.2. The van der Waals surface area contributed by atoms with E-state index in [4.69, 9.17) is 11.6 Å². The summed E-state index contributed by atoms with van der Waals surface area (Å²) in [6, 6.07) is 11.3. The summed E-state index contributed by atoms with van der Waals surface area (Å²) in [4.78, 5) is 21.3. The van der Waals surface area contributed by atoms with E-state index >= 15 is 0 Å². The third kappa shape index (κ3) is 5.39. The van der Waals surface area contributed by atoms with Crippen LogP contribution in [0, 0.1) is 5.82 Å². The molecule has 0 radical (unpaired) electrons. The number of aromatic nitrogens is 1. The van der Waals surface area contributed by atoms with Gasteiger partial charge in [-0.3, -0.25) is 9.69 Å². The van der Waals surface area contributed by atoms with E-state index in [0.717, 1.165) is 17.7 Å². The molecule has 0 saturated carbocycles. The van der Waals surface area contributed by atoms with E-state index in [-0.39, 0.29) is 24.1 Å². The van der Waals surface area contributed by atoms with Crippen LogP contribution in [0.2, 0.25) is 5.02 Å². The van der Waals surface area contributed by atoms with Crippen molar-refractivity contribution in [3.8, 4) is 0 Å². The van der Waals surface area contributed by atoms with Crippen molar-refractivity contribution in [2.24, 2.45) is 0 Å². The first-order chi connectivity index (χ1) is 12.4. The van der Waals surface area contributed by atoms with Crippen molar-refractivity contribution in [1.29, 1.82) is 0 Å². The van der Waals surface area contributed by atoms with E-state index in [9.17, 15) is 9.18 Å². The number of carbonyl (C=O) groups excluding carboxylic acids is 1. The Labute approximate surface area is 173 Å². The standard InChI is InChI=1S/C19H19ClFN3OS.ClH/c1-23(2)9-4-10-24(18(25)13-5-3-6-14(20)11-13)19-22-16-8-7-15(21)12-17(16)26-19;/h3,5-8,11-12H,4,9-10H2,1-2H3;1H. The number of amides is 1. The molecule has 144 valence electrons. The van der Waals surface area contributed by atoms with Crippen LogP contribution < -0.4 is 4.90 Å². The van der Waals surface area contributed by atoms with Crippen molar-refractivity contribution >= 4 is 56.6 Å². The molecule has 0 atom stereocenters. The number of hydrogen-bond donors (Lipinski definition) is 0. The van der Waals surface area contributed by atoms with Gasteiger partial charge in [-0.2, -0.15) is 0 Å². The number of halogens is 3. The lowest BCUT2D eigenvalue weighted by atomic mass is 10.2. The van der Waals surface area contributed by atoms with Gasteiger partial charge in [-0.1, -0.05) is 29.0 Å². The average molecular weight is 428 g/mol. The molecule has 27 heavy (non-hydrogen) atoms. The molecule has 8 heteroatoms. The van der Waals surface area contributed by atoms with Crippen LogP contribution >= 0.6 is 35.3 Å². The third-order valence-corrected chi connectivity index (χ3v) is 5.15. The van der Waals surface area contributed by atoms with E-state index in [1.54, 1.807) is 35.2 Å². The van der Waals surface area contributed by atoms with Crippen molar-refractivity contribution < 1.29 is 9.18 Å². The van der Waals surface area contributed by atoms with Gasteiger partial charge in [0.1, 0.15) is 5.82 Å². The number of rotatable bonds is 6. The Hall–Kier alpha value is -1.73. The minimum absolute atomic E-state index is 0. The maximum atomic E-state index is 13.5. The molecule has 1 aromatic heterocycles. The second-order valence-electron chi connectivity index (χ2n) is 6.23. The number of hydrogen-bond acceptors (Lipinski definition) is 4. The fourth-order valence-corrected chi connectivity index (χ4v) is 3.81. The van der Waals surface area contributed by atoms with Crippen LogP contribution in [0.15, 0.2) is 42.5 Å². The van der Waals surface area contributed by atoms with Gasteiger partial charge in [0.05, 0.1) is 10.2 Å². The van der Waals surface area contributed by atoms with Gasteiger partial charge in [-0.15, -0.1) is 12.4 Å². The second-order valence-corrected chi connectivity index (χ2v) is 7.68. The maximum Gasteiger partial charge on any atom is 0.260 e. The van der Waals surface area contributed by atoms with Crippen molar-refractivity contribution in [2.75, 3.05) is 32.1 Å². The predicted octanol–water partition coefficient (Wildman–Crippen LogP) is 5.11. The van der Waals surface area contributed by atoms with Crippen molar-refractivity contribution in [3.05, 3.63) is 58.9 Å².